The molecule has 0 bridgehead atoms. The van der Waals surface area contributed by atoms with Gasteiger partial charge in [0.05, 0.1) is 16.8 Å². The van der Waals surface area contributed by atoms with E-state index in [2.05, 4.69) is 15.9 Å². The number of halogens is 2. The fourth-order valence-electron chi connectivity index (χ4n) is 2.19. The Morgan fingerprint density at radius 1 is 1.10 bits per heavy atom. The number of nitrogen functional groups attached to an aromatic ring is 1. The predicted molar refractivity (Wildman–Crippen MR) is 76.1 cm³/mol. The molecule has 6 heteroatoms. The van der Waals surface area contributed by atoms with Gasteiger partial charge in [0, 0.05) is 10.2 Å². The zero-order valence-electron chi connectivity index (χ0n) is 10.1. The molecule has 1 heterocycles. The van der Waals surface area contributed by atoms with E-state index in [1.807, 2.05) is 0 Å². The highest BCUT2D eigenvalue weighted by Gasteiger charge is 2.38. The van der Waals surface area contributed by atoms with Crippen LogP contribution in [0.3, 0.4) is 0 Å². The standard InChI is InChI=1S/C14H8BrFN2O2/c15-9-6-7(16)4-5-11(9)18-13(19)8-2-1-3-10(17)12(8)14(18)20/h1-6H,17H2. The molecule has 100 valence electrons. The molecule has 4 nitrogen and oxygen atoms in total. The Kier molecular flexibility index (Phi) is 2.83. The first-order valence-corrected chi connectivity index (χ1v) is 6.52. The summed E-state index contributed by atoms with van der Waals surface area (Å²) >= 11 is 3.16. The van der Waals surface area contributed by atoms with Gasteiger partial charge in [-0.1, -0.05) is 6.07 Å². The van der Waals surface area contributed by atoms with Crippen molar-refractivity contribution < 1.29 is 14.0 Å². The number of nitrogens with zero attached hydrogens (tertiary/aromatic N) is 1. The van der Waals surface area contributed by atoms with Crippen molar-refractivity contribution in [1.82, 2.24) is 0 Å². The molecule has 1 aliphatic heterocycles. The molecule has 0 aliphatic carbocycles. The summed E-state index contributed by atoms with van der Waals surface area (Å²) in [6.45, 7) is 0. The van der Waals surface area contributed by atoms with Gasteiger partial charge < -0.3 is 5.73 Å². The van der Waals surface area contributed by atoms with Crippen LogP contribution in [0.5, 0.6) is 0 Å². The van der Waals surface area contributed by atoms with Crippen LogP contribution < -0.4 is 10.6 Å². The summed E-state index contributed by atoms with van der Waals surface area (Å²) in [7, 11) is 0. The van der Waals surface area contributed by atoms with Crippen molar-refractivity contribution in [1.29, 1.82) is 0 Å². The van der Waals surface area contributed by atoms with Crippen LogP contribution in [0.25, 0.3) is 0 Å². The van der Waals surface area contributed by atoms with E-state index in [4.69, 9.17) is 5.73 Å². The molecule has 2 aromatic carbocycles. The second-order valence-electron chi connectivity index (χ2n) is 4.31. The highest BCUT2D eigenvalue weighted by atomic mass is 79.9. The van der Waals surface area contributed by atoms with Crippen molar-refractivity contribution in [2.45, 2.75) is 0 Å². The Balaban J connectivity index is 2.17. The third-order valence-electron chi connectivity index (χ3n) is 3.10. The molecule has 0 aromatic heterocycles. The zero-order valence-corrected chi connectivity index (χ0v) is 11.6. The summed E-state index contributed by atoms with van der Waals surface area (Å²) in [6, 6.07) is 8.48. The van der Waals surface area contributed by atoms with Gasteiger partial charge >= 0.3 is 0 Å². The number of rotatable bonds is 1. The first-order valence-electron chi connectivity index (χ1n) is 5.73. The van der Waals surface area contributed by atoms with E-state index in [9.17, 15) is 14.0 Å². The molecule has 2 amide bonds. The van der Waals surface area contributed by atoms with Gasteiger partial charge in [0.25, 0.3) is 11.8 Å². The number of nitrogens with two attached hydrogens (primary N) is 1. The largest absolute Gasteiger partial charge is 0.398 e. The number of fused-ring (bicyclic) bond motifs is 1. The van der Waals surface area contributed by atoms with Gasteiger partial charge in [0.2, 0.25) is 0 Å². The summed E-state index contributed by atoms with van der Waals surface area (Å²) in [5, 5.41) is 0. The minimum Gasteiger partial charge on any atom is -0.398 e. The minimum absolute atomic E-state index is 0.189. The quantitative estimate of drug-likeness (QED) is 0.644. The normalized spacial score (nSPS) is 13.8. The maximum Gasteiger partial charge on any atom is 0.268 e. The van der Waals surface area contributed by atoms with E-state index < -0.39 is 17.6 Å². The summed E-state index contributed by atoms with van der Waals surface area (Å²) < 4.78 is 13.4. The van der Waals surface area contributed by atoms with Crippen molar-refractivity contribution in [2.24, 2.45) is 0 Å². The lowest BCUT2D eigenvalue weighted by molar-refractivity contribution is 0.0926. The number of benzene rings is 2. The Labute approximate surface area is 122 Å². The molecule has 1 aliphatic rings. The Morgan fingerprint density at radius 3 is 2.50 bits per heavy atom. The van der Waals surface area contributed by atoms with Gasteiger partial charge in [-0.15, -0.1) is 0 Å². The highest BCUT2D eigenvalue weighted by molar-refractivity contribution is 9.10. The number of imide groups is 1. The molecular weight excluding hydrogens is 327 g/mol. The van der Waals surface area contributed by atoms with Crippen LogP contribution in [0.15, 0.2) is 40.9 Å². The number of anilines is 2. The Hall–Kier alpha value is -2.21. The molecule has 0 unspecified atom stereocenters. The van der Waals surface area contributed by atoms with Crippen molar-refractivity contribution in [2.75, 3.05) is 10.6 Å². The molecule has 2 aromatic rings. The van der Waals surface area contributed by atoms with E-state index in [1.54, 1.807) is 18.2 Å². The third-order valence-corrected chi connectivity index (χ3v) is 3.73. The summed E-state index contributed by atoms with van der Waals surface area (Å²) in [4.78, 5) is 25.7. The fourth-order valence-corrected chi connectivity index (χ4v) is 2.72. The molecule has 3 rings (SSSR count). The fraction of sp³-hybridized carbons (Fsp3) is 0. The van der Waals surface area contributed by atoms with Gasteiger partial charge in [-0.3, -0.25) is 9.59 Å². The van der Waals surface area contributed by atoms with E-state index in [0.29, 0.717) is 4.47 Å². The van der Waals surface area contributed by atoms with Gasteiger partial charge in [0.1, 0.15) is 5.82 Å². The number of hydrogen-bond acceptors (Lipinski definition) is 3. The molecule has 0 radical (unpaired) electrons. The van der Waals surface area contributed by atoms with E-state index in [1.165, 1.54) is 18.2 Å². The molecule has 2 N–H and O–H groups in total. The smallest absolute Gasteiger partial charge is 0.268 e. The first kappa shape index (κ1) is 12.8. The van der Waals surface area contributed by atoms with Crippen LogP contribution in [0.1, 0.15) is 20.7 Å². The van der Waals surface area contributed by atoms with Crippen LogP contribution >= 0.6 is 15.9 Å². The second kappa shape index (κ2) is 4.42. The van der Waals surface area contributed by atoms with Crippen LogP contribution in [0.2, 0.25) is 0 Å². The number of amides is 2. The Morgan fingerprint density at radius 2 is 1.85 bits per heavy atom. The van der Waals surface area contributed by atoms with Gasteiger partial charge in [0.15, 0.2) is 0 Å². The lowest BCUT2D eigenvalue weighted by atomic mass is 10.1. The predicted octanol–water partition coefficient (Wildman–Crippen LogP) is 2.97. The van der Waals surface area contributed by atoms with E-state index in [0.717, 1.165) is 4.90 Å². The SMILES string of the molecule is Nc1cccc2c1C(=O)N(c1ccc(F)cc1Br)C2=O. The van der Waals surface area contributed by atoms with Crippen LogP contribution in [0, 0.1) is 5.82 Å². The van der Waals surface area contributed by atoms with Gasteiger partial charge in [-0.05, 0) is 46.3 Å². The van der Waals surface area contributed by atoms with Crippen LogP contribution in [-0.2, 0) is 0 Å². The van der Waals surface area contributed by atoms with Crippen molar-refractivity contribution in [3.63, 3.8) is 0 Å². The third kappa shape index (κ3) is 1.72. The summed E-state index contributed by atoms with van der Waals surface area (Å²) in [6.07, 6.45) is 0. The van der Waals surface area contributed by atoms with Crippen LogP contribution in [-0.4, -0.2) is 11.8 Å². The average molecular weight is 335 g/mol. The van der Waals surface area contributed by atoms with Crippen molar-refractivity contribution in [3.05, 3.63) is 57.8 Å². The van der Waals surface area contributed by atoms with Crippen molar-refractivity contribution in [3.8, 4) is 0 Å². The molecule has 0 spiro atoms. The lowest BCUT2D eigenvalue weighted by Gasteiger charge is -2.15. The average Bonchev–Trinajstić information content (AvgIpc) is 2.64. The first-order chi connectivity index (χ1) is 9.50. The molecule has 0 saturated carbocycles. The second-order valence-corrected chi connectivity index (χ2v) is 5.17. The molecule has 20 heavy (non-hydrogen) atoms. The maximum atomic E-state index is 13.1. The molecule has 0 saturated heterocycles. The molecular formula is C14H8BrFN2O2. The number of carbonyl (C=O) groups excluding carboxylic acids is 2. The minimum atomic E-state index is -0.504. The van der Waals surface area contributed by atoms with Gasteiger partial charge in [-0.2, -0.15) is 0 Å². The summed E-state index contributed by atoms with van der Waals surface area (Å²) in [5.41, 5.74) is 6.74. The maximum absolute atomic E-state index is 13.1. The van der Waals surface area contributed by atoms with E-state index in [-0.39, 0.29) is 22.5 Å². The highest BCUT2D eigenvalue weighted by Crippen LogP contribution is 2.35. The Bertz CT molecular complexity index is 761. The molecule has 0 fully saturated rings. The molecule has 0 atom stereocenters. The summed E-state index contributed by atoms with van der Waals surface area (Å²) in [5.74, 6) is -1.43. The zero-order chi connectivity index (χ0) is 14.4. The van der Waals surface area contributed by atoms with Crippen LogP contribution in [0.4, 0.5) is 15.8 Å². The van der Waals surface area contributed by atoms with Crippen molar-refractivity contribution >= 4 is 39.1 Å². The van der Waals surface area contributed by atoms with E-state index >= 15 is 0 Å². The number of hydrogen-bond donors (Lipinski definition) is 1. The lowest BCUT2D eigenvalue weighted by Crippen LogP contribution is -2.29. The topological polar surface area (TPSA) is 63.4 Å². The van der Waals surface area contributed by atoms with Gasteiger partial charge in [-0.25, -0.2) is 9.29 Å². The monoisotopic (exact) mass is 334 g/mol. The number of carbonyl (C=O) groups is 2.